The summed E-state index contributed by atoms with van der Waals surface area (Å²) < 4.78 is 0. The Morgan fingerprint density at radius 3 is 1.19 bits per heavy atom. The minimum Gasteiger partial charge on any atom is -0.135 e. The second-order valence-electron chi connectivity index (χ2n) is 16.4. The van der Waals surface area contributed by atoms with Gasteiger partial charge in [-0.05, 0) is 146 Å². The van der Waals surface area contributed by atoms with Crippen molar-refractivity contribution in [3.63, 3.8) is 0 Å². The average Bonchev–Trinajstić information content (AvgIpc) is 3.87. The predicted octanol–water partition coefficient (Wildman–Crippen LogP) is 18.0. The molecule has 0 aliphatic heterocycles. The second-order valence-corrected chi connectivity index (χ2v) is 17.5. The largest absolute Gasteiger partial charge is 0.135 e. The lowest BCUT2D eigenvalue weighted by atomic mass is 9.84. The quantitative estimate of drug-likeness (QED) is 0.141. The van der Waals surface area contributed by atoms with E-state index in [1.807, 2.05) is 11.3 Å². The molecule has 1 heteroatoms. The molecule has 12 aromatic rings. The molecule has 63 heavy (non-hydrogen) atoms. The molecule has 1 heterocycles. The van der Waals surface area contributed by atoms with Gasteiger partial charge in [0.1, 0.15) is 0 Å². The van der Waals surface area contributed by atoms with Crippen LogP contribution < -0.4 is 0 Å². The first-order chi connectivity index (χ1) is 31.2. The summed E-state index contributed by atoms with van der Waals surface area (Å²) in [5.74, 6) is 0. The molecule has 0 radical (unpaired) electrons. The van der Waals surface area contributed by atoms with E-state index in [1.54, 1.807) is 0 Å². The van der Waals surface area contributed by atoms with Crippen molar-refractivity contribution in [3.05, 3.63) is 243 Å². The van der Waals surface area contributed by atoms with Crippen molar-refractivity contribution in [2.45, 2.75) is 0 Å². The molecule has 0 amide bonds. The highest BCUT2D eigenvalue weighted by atomic mass is 32.1. The fraction of sp³-hybridized carbons (Fsp3) is 0. The van der Waals surface area contributed by atoms with Crippen LogP contribution in [-0.2, 0) is 0 Å². The monoisotopic (exact) mass is 816 g/mol. The van der Waals surface area contributed by atoms with Crippen molar-refractivity contribution in [2.75, 3.05) is 0 Å². The van der Waals surface area contributed by atoms with Crippen molar-refractivity contribution in [3.8, 4) is 76.5 Å². The lowest BCUT2D eigenvalue weighted by Gasteiger charge is -2.19. The van der Waals surface area contributed by atoms with Crippen LogP contribution in [0.3, 0.4) is 0 Å². The second kappa shape index (κ2) is 15.6. The van der Waals surface area contributed by atoms with Gasteiger partial charge < -0.3 is 0 Å². The van der Waals surface area contributed by atoms with Crippen LogP contribution in [0.5, 0.6) is 0 Å². The molecule has 0 aliphatic carbocycles. The highest BCUT2D eigenvalue weighted by Gasteiger charge is 2.18. The first-order valence-corrected chi connectivity index (χ1v) is 22.5. The van der Waals surface area contributed by atoms with Crippen LogP contribution in [0.25, 0.3) is 120 Å². The summed E-state index contributed by atoms with van der Waals surface area (Å²) in [5, 5.41) is 10.0. The molecule has 0 saturated carbocycles. The van der Waals surface area contributed by atoms with Gasteiger partial charge in [-0.15, -0.1) is 11.3 Å². The zero-order valence-electron chi connectivity index (χ0n) is 34.5. The lowest BCUT2D eigenvalue weighted by Crippen LogP contribution is -1.92. The smallest absolute Gasteiger partial charge is 0.0349 e. The average molecular weight is 817 g/mol. The topological polar surface area (TPSA) is 0 Å². The van der Waals surface area contributed by atoms with Gasteiger partial charge >= 0.3 is 0 Å². The Labute approximate surface area is 371 Å². The maximum atomic E-state index is 2.43. The molecule has 0 aliphatic rings. The molecule has 0 unspecified atom stereocenters. The molecule has 11 aromatic carbocycles. The molecule has 0 saturated heterocycles. The van der Waals surface area contributed by atoms with E-state index in [4.69, 9.17) is 0 Å². The molecule has 12 rings (SSSR count). The van der Waals surface area contributed by atoms with Gasteiger partial charge in [-0.1, -0.05) is 206 Å². The van der Waals surface area contributed by atoms with Crippen LogP contribution in [0.4, 0.5) is 0 Å². The Kier molecular flexibility index (Phi) is 9.13. The SMILES string of the molecule is c1ccc(-c2ccc(-c3cccc(-c4ccc5c(-c6ccc(-c7ccc8ccccc8c7)cc6)c6ccccc6c(-c6ccc(-c7ccc8ccccc8c7)cc6)c5c4)c3)s2)cc1. The molecular formula is C62H40S. The third-order valence-electron chi connectivity index (χ3n) is 12.7. The zero-order chi connectivity index (χ0) is 41.7. The van der Waals surface area contributed by atoms with Crippen LogP contribution in [0.2, 0.25) is 0 Å². The molecule has 0 spiro atoms. The van der Waals surface area contributed by atoms with E-state index in [9.17, 15) is 0 Å². The van der Waals surface area contributed by atoms with E-state index >= 15 is 0 Å². The Balaban J connectivity index is 1.01. The van der Waals surface area contributed by atoms with E-state index in [-0.39, 0.29) is 0 Å². The summed E-state index contributed by atoms with van der Waals surface area (Å²) in [5.41, 5.74) is 14.7. The standard InChI is InChI=1S/C62H40S/c1-2-13-45(14-3-1)59-35-36-60(63-59)54-18-10-17-50(39-54)53-33-34-57-58(40-53)62(47-29-23-44(24-30-47)52-32-26-42-12-5-7-16-49(42)38-52)56-20-9-8-19-55(56)61(57)46-27-21-43(22-28-46)51-31-25-41-11-4-6-15-48(41)37-51/h1-40H. The third-order valence-corrected chi connectivity index (χ3v) is 13.9. The summed E-state index contributed by atoms with van der Waals surface area (Å²) in [6, 6.07) is 89.4. The number of rotatable bonds is 7. The molecule has 0 bridgehead atoms. The molecule has 0 nitrogen and oxygen atoms in total. The molecule has 0 atom stereocenters. The van der Waals surface area contributed by atoms with Gasteiger partial charge in [0.2, 0.25) is 0 Å². The normalized spacial score (nSPS) is 11.5. The Morgan fingerprint density at radius 1 is 0.190 bits per heavy atom. The fourth-order valence-corrected chi connectivity index (χ4v) is 10.5. The van der Waals surface area contributed by atoms with Crippen molar-refractivity contribution >= 4 is 54.4 Å². The third kappa shape index (κ3) is 6.80. The van der Waals surface area contributed by atoms with Gasteiger partial charge in [-0.25, -0.2) is 0 Å². The maximum absolute atomic E-state index is 2.43. The number of thiophene rings is 1. The number of hydrogen-bond donors (Lipinski definition) is 0. The minimum absolute atomic E-state index is 1.20. The van der Waals surface area contributed by atoms with Gasteiger partial charge in [0, 0.05) is 9.75 Å². The van der Waals surface area contributed by atoms with Crippen LogP contribution in [-0.4, -0.2) is 0 Å². The molecule has 1 aromatic heterocycles. The summed E-state index contributed by atoms with van der Waals surface area (Å²) in [7, 11) is 0. The van der Waals surface area contributed by atoms with Gasteiger partial charge in [-0.3, -0.25) is 0 Å². The molecule has 294 valence electrons. The minimum atomic E-state index is 1.20. The van der Waals surface area contributed by atoms with Gasteiger partial charge in [0.25, 0.3) is 0 Å². The van der Waals surface area contributed by atoms with E-state index in [0.717, 1.165) is 0 Å². The van der Waals surface area contributed by atoms with Crippen LogP contribution in [0.15, 0.2) is 243 Å². The fourth-order valence-electron chi connectivity index (χ4n) is 9.48. The van der Waals surface area contributed by atoms with Crippen molar-refractivity contribution in [1.29, 1.82) is 0 Å². The van der Waals surface area contributed by atoms with Crippen LogP contribution >= 0.6 is 11.3 Å². The molecular weight excluding hydrogens is 777 g/mol. The summed E-state index contributed by atoms with van der Waals surface area (Å²) in [6.07, 6.45) is 0. The molecule has 0 N–H and O–H groups in total. The predicted molar refractivity (Wildman–Crippen MR) is 272 cm³/mol. The number of fused-ring (bicyclic) bond motifs is 4. The Bertz CT molecular complexity index is 3650. The number of hydrogen-bond acceptors (Lipinski definition) is 1. The maximum Gasteiger partial charge on any atom is 0.0349 e. The van der Waals surface area contributed by atoms with E-state index in [0.29, 0.717) is 0 Å². The van der Waals surface area contributed by atoms with Crippen molar-refractivity contribution in [2.24, 2.45) is 0 Å². The summed E-state index contributed by atoms with van der Waals surface area (Å²) in [4.78, 5) is 2.55. The highest BCUT2D eigenvalue weighted by Crippen LogP contribution is 2.46. The number of benzene rings is 11. The Hall–Kier alpha value is -7.84. The first-order valence-electron chi connectivity index (χ1n) is 21.6. The van der Waals surface area contributed by atoms with Crippen LogP contribution in [0.1, 0.15) is 0 Å². The van der Waals surface area contributed by atoms with Crippen molar-refractivity contribution < 1.29 is 0 Å². The zero-order valence-corrected chi connectivity index (χ0v) is 35.3. The van der Waals surface area contributed by atoms with Gasteiger partial charge in [0.15, 0.2) is 0 Å². The van der Waals surface area contributed by atoms with E-state index in [2.05, 4.69) is 243 Å². The van der Waals surface area contributed by atoms with Gasteiger partial charge in [-0.2, -0.15) is 0 Å². The van der Waals surface area contributed by atoms with Crippen molar-refractivity contribution in [1.82, 2.24) is 0 Å². The summed E-state index contributed by atoms with van der Waals surface area (Å²) in [6.45, 7) is 0. The first kappa shape index (κ1) is 37.0. The lowest BCUT2D eigenvalue weighted by molar-refractivity contribution is 1.61. The molecule has 0 fully saturated rings. The summed E-state index contributed by atoms with van der Waals surface area (Å²) >= 11 is 1.85. The van der Waals surface area contributed by atoms with Gasteiger partial charge in [0.05, 0.1) is 0 Å². The Morgan fingerprint density at radius 2 is 0.587 bits per heavy atom. The van der Waals surface area contributed by atoms with E-state index < -0.39 is 0 Å². The van der Waals surface area contributed by atoms with E-state index in [1.165, 1.54) is 120 Å². The highest BCUT2D eigenvalue weighted by molar-refractivity contribution is 7.18. The van der Waals surface area contributed by atoms with Crippen LogP contribution in [0, 0.1) is 0 Å².